The van der Waals surface area contributed by atoms with Crippen molar-refractivity contribution in [2.75, 3.05) is 18.9 Å². The number of hydrogen-bond donors (Lipinski definition) is 2. The maximum atomic E-state index is 12.1. The molecule has 8 heteroatoms. The molecule has 2 rings (SSSR count). The number of nitrogens with two attached hydrogens (primary N) is 1. The van der Waals surface area contributed by atoms with E-state index < -0.39 is 0 Å². The number of nitrogens with zero attached hydrogens (tertiary/aromatic N) is 2. The number of rotatable bonds is 8. The summed E-state index contributed by atoms with van der Waals surface area (Å²) in [6.07, 6.45) is 2.46. The van der Waals surface area contributed by atoms with Crippen molar-refractivity contribution in [1.29, 1.82) is 0 Å². The minimum Gasteiger partial charge on any atom is -0.490 e. The van der Waals surface area contributed by atoms with Crippen molar-refractivity contribution in [2.24, 2.45) is 5.10 Å². The summed E-state index contributed by atoms with van der Waals surface area (Å²) < 4.78 is 11.2. The highest BCUT2D eigenvalue weighted by Crippen LogP contribution is 2.28. The fourth-order valence-corrected chi connectivity index (χ4v) is 2.77. The first-order chi connectivity index (χ1) is 12.0. The van der Waals surface area contributed by atoms with Gasteiger partial charge in [0.05, 0.1) is 25.1 Å². The molecule has 0 aliphatic carbocycles. The molecular weight excluding hydrogens is 340 g/mol. The summed E-state index contributed by atoms with van der Waals surface area (Å²) in [5, 5.41) is 4.34. The topological polar surface area (TPSA) is 98.8 Å². The minimum atomic E-state index is -0.337. The number of ether oxygens (including phenoxy) is 2. The number of hydrogen-bond acceptors (Lipinski definition) is 7. The molecule has 3 N–H and O–H groups in total. The Labute approximate surface area is 150 Å². The first-order valence-corrected chi connectivity index (χ1v) is 8.82. The van der Waals surface area contributed by atoms with Gasteiger partial charge < -0.3 is 15.2 Å². The lowest BCUT2D eigenvalue weighted by Gasteiger charge is -2.11. The molecule has 134 valence electrons. The summed E-state index contributed by atoms with van der Waals surface area (Å²) in [4.78, 5) is 16.5. The highest BCUT2D eigenvalue weighted by atomic mass is 32.1. The smallest absolute Gasteiger partial charge is 0.283 e. The van der Waals surface area contributed by atoms with Crippen molar-refractivity contribution in [3.05, 3.63) is 34.3 Å². The van der Waals surface area contributed by atoms with Gasteiger partial charge in [-0.25, -0.2) is 10.4 Å². The van der Waals surface area contributed by atoms with Gasteiger partial charge in [0.25, 0.3) is 5.91 Å². The van der Waals surface area contributed by atoms with Crippen LogP contribution in [0.25, 0.3) is 0 Å². The molecule has 0 aliphatic rings. The first kappa shape index (κ1) is 18.7. The maximum Gasteiger partial charge on any atom is 0.283 e. The van der Waals surface area contributed by atoms with Gasteiger partial charge in [0.1, 0.15) is 4.88 Å². The third-order valence-corrected chi connectivity index (χ3v) is 4.11. The average Bonchev–Trinajstić information content (AvgIpc) is 2.93. The van der Waals surface area contributed by atoms with Gasteiger partial charge >= 0.3 is 0 Å². The molecule has 0 saturated carbocycles. The largest absolute Gasteiger partial charge is 0.490 e. The molecule has 0 spiro atoms. The van der Waals surface area contributed by atoms with E-state index in [4.69, 9.17) is 15.2 Å². The van der Waals surface area contributed by atoms with Crippen LogP contribution in [0.5, 0.6) is 11.5 Å². The third-order valence-electron chi connectivity index (χ3n) is 3.13. The Morgan fingerprint density at radius 1 is 1.36 bits per heavy atom. The lowest BCUT2D eigenvalue weighted by molar-refractivity contribution is 0.0958. The summed E-state index contributed by atoms with van der Waals surface area (Å²) in [6.45, 7) is 6.85. The van der Waals surface area contributed by atoms with Gasteiger partial charge in [-0.3, -0.25) is 4.79 Å². The van der Waals surface area contributed by atoms with E-state index in [-0.39, 0.29) is 5.91 Å². The summed E-state index contributed by atoms with van der Waals surface area (Å²) in [7, 11) is 0. The number of aryl methyl sites for hydroxylation is 1. The molecule has 0 unspecified atom stereocenters. The van der Waals surface area contributed by atoms with Gasteiger partial charge in [-0.15, -0.1) is 0 Å². The van der Waals surface area contributed by atoms with Crippen molar-refractivity contribution in [3.63, 3.8) is 0 Å². The molecule has 2 aromatic rings. The second kappa shape index (κ2) is 9.03. The van der Waals surface area contributed by atoms with Crippen LogP contribution in [0.4, 0.5) is 5.13 Å². The van der Waals surface area contributed by atoms with E-state index in [0.717, 1.165) is 23.3 Å². The number of anilines is 1. The van der Waals surface area contributed by atoms with E-state index in [2.05, 4.69) is 15.5 Å². The Morgan fingerprint density at radius 2 is 2.16 bits per heavy atom. The maximum absolute atomic E-state index is 12.1. The lowest BCUT2D eigenvalue weighted by Crippen LogP contribution is -2.17. The third kappa shape index (κ3) is 5.18. The predicted molar refractivity (Wildman–Crippen MR) is 99.7 cm³/mol. The van der Waals surface area contributed by atoms with Crippen LogP contribution in [-0.2, 0) is 0 Å². The van der Waals surface area contributed by atoms with Gasteiger partial charge in [0, 0.05) is 0 Å². The summed E-state index contributed by atoms with van der Waals surface area (Å²) in [6, 6.07) is 5.50. The molecule has 0 saturated heterocycles. The standard InChI is InChI=1S/C17H22N4O3S/c1-4-8-24-13-7-6-12(9-14(13)23-5-2)10-19-21-16(22)15-11(3)20-17(18)25-15/h6-7,9-10H,4-5,8H2,1-3H3,(H2,18,20)(H,21,22)/b19-10-. The highest BCUT2D eigenvalue weighted by molar-refractivity contribution is 7.17. The fourth-order valence-electron chi connectivity index (χ4n) is 2.05. The Kier molecular flexibility index (Phi) is 6.76. The van der Waals surface area contributed by atoms with E-state index >= 15 is 0 Å². The molecule has 0 atom stereocenters. The number of amides is 1. The van der Waals surface area contributed by atoms with E-state index in [9.17, 15) is 4.79 Å². The van der Waals surface area contributed by atoms with E-state index in [1.54, 1.807) is 13.1 Å². The molecule has 1 amide bonds. The second-order valence-corrected chi connectivity index (χ2v) is 6.18. The summed E-state index contributed by atoms with van der Waals surface area (Å²) in [5.41, 5.74) is 9.44. The number of thiazole rings is 1. The molecule has 7 nitrogen and oxygen atoms in total. The summed E-state index contributed by atoms with van der Waals surface area (Å²) >= 11 is 1.13. The predicted octanol–water partition coefficient (Wildman–Crippen LogP) is 2.99. The van der Waals surface area contributed by atoms with Crippen LogP contribution < -0.4 is 20.6 Å². The van der Waals surface area contributed by atoms with Crippen LogP contribution in [-0.4, -0.2) is 30.3 Å². The number of carbonyl (C=O) groups excluding carboxylic acids is 1. The normalized spacial score (nSPS) is 10.8. The van der Waals surface area contributed by atoms with Crippen molar-refractivity contribution >= 4 is 28.6 Å². The van der Waals surface area contributed by atoms with Crippen molar-refractivity contribution < 1.29 is 14.3 Å². The van der Waals surface area contributed by atoms with Crippen LogP contribution in [0, 0.1) is 6.92 Å². The van der Waals surface area contributed by atoms with Gasteiger partial charge in [0.15, 0.2) is 16.6 Å². The zero-order chi connectivity index (χ0) is 18.2. The van der Waals surface area contributed by atoms with Crippen LogP contribution in [0.1, 0.15) is 41.2 Å². The van der Waals surface area contributed by atoms with Gasteiger partial charge in [-0.2, -0.15) is 5.10 Å². The highest BCUT2D eigenvalue weighted by Gasteiger charge is 2.13. The summed E-state index contributed by atoms with van der Waals surface area (Å²) in [5.74, 6) is 1.01. The van der Waals surface area contributed by atoms with Gasteiger partial charge in [-0.05, 0) is 44.0 Å². The van der Waals surface area contributed by atoms with Crippen molar-refractivity contribution in [1.82, 2.24) is 10.4 Å². The van der Waals surface area contributed by atoms with Gasteiger partial charge in [-0.1, -0.05) is 18.3 Å². The molecule has 1 aromatic carbocycles. The SMILES string of the molecule is CCCOc1ccc(/C=N\NC(=O)c2sc(N)nc2C)cc1OCC. The first-order valence-electron chi connectivity index (χ1n) is 8.01. The Hall–Kier alpha value is -2.61. The number of nitrogens with one attached hydrogen (secondary N) is 1. The lowest BCUT2D eigenvalue weighted by atomic mass is 10.2. The zero-order valence-electron chi connectivity index (χ0n) is 14.5. The molecular formula is C17H22N4O3S. The average molecular weight is 362 g/mol. The molecule has 25 heavy (non-hydrogen) atoms. The molecule has 0 fully saturated rings. The molecule has 0 radical (unpaired) electrons. The van der Waals surface area contributed by atoms with Crippen LogP contribution in [0.3, 0.4) is 0 Å². The monoisotopic (exact) mass is 362 g/mol. The quantitative estimate of drug-likeness (QED) is 0.555. The van der Waals surface area contributed by atoms with Crippen LogP contribution in [0.2, 0.25) is 0 Å². The molecule has 1 aromatic heterocycles. The van der Waals surface area contributed by atoms with Crippen LogP contribution >= 0.6 is 11.3 Å². The molecule has 0 aliphatic heterocycles. The van der Waals surface area contributed by atoms with Crippen molar-refractivity contribution in [3.8, 4) is 11.5 Å². The number of nitrogen functional groups attached to an aromatic ring is 1. The van der Waals surface area contributed by atoms with Crippen LogP contribution in [0.15, 0.2) is 23.3 Å². The number of carbonyl (C=O) groups is 1. The Morgan fingerprint density at radius 3 is 2.80 bits per heavy atom. The second-order valence-electron chi connectivity index (χ2n) is 5.15. The molecule has 0 bridgehead atoms. The van der Waals surface area contributed by atoms with Crippen molar-refractivity contribution in [2.45, 2.75) is 27.2 Å². The van der Waals surface area contributed by atoms with E-state index in [1.807, 2.05) is 32.0 Å². The zero-order valence-corrected chi connectivity index (χ0v) is 15.4. The number of aromatic nitrogens is 1. The van der Waals surface area contributed by atoms with E-state index in [0.29, 0.717) is 40.4 Å². The number of benzene rings is 1. The fraction of sp³-hybridized carbons (Fsp3) is 0.353. The minimum absolute atomic E-state index is 0.337. The Bertz CT molecular complexity index is 758. The number of hydrazone groups is 1. The Balaban J connectivity index is 2.05. The molecule has 1 heterocycles. The van der Waals surface area contributed by atoms with E-state index in [1.165, 1.54) is 0 Å². The van der Waals surface area contributed by atoms with Gasteiger partial charge in [0.2, 0.25) is 0 Å².